The van der Waals surface area contributed by atoms with Gasteiger partial charge in [0, 0.05) is 8.96 Å². The average molecular weight is 322 g/mol. The van der Waals surface area contributed by atoms with Crippen LogP contribution in [0.5, 0.6) is 0 Å². The van der Waals surface area contributed by atoms with Crippen LogP contribution in [0.25, 0.3) is 11.0 Å². The first kappa shape index (κ1) is 9.79. The lowest BCUT2D eigenvalue weighted by Gasteiger charge is -1.93. The highest BCUT2D eigenvalue weighted by Gasteiger charge is 2.12. The molecule has 1 aromatic carbocycles. The van der Waals surface area contributed by atoms with Crippen molar-refractivity contribution >= 4 is 51.1 Å². The zero-order valence-corrected chi connectivity index (χ0v) is 9.67. The second-order valence-electron chi connectivity index (χ2n) is 2.72. The maximum absolute atomic E-state index is 10.6. The molecular formula is C9H4ClIO3. The number of carboxylic acid groups (broad SMARTS) is 1. The van der Waals surface area contributed by atoms with Gasteiger partial charge in [0.2, 0.25) is 5.76 Å². The Labute approximate surface area is 97.8 Å². The van der Waals surface area contributed by atoms with E-state index in [9.17, 15) is 4.79 Å². The lowest BCUT2D eigenvalue weighted by atomic mass is 10.2. The summed E-state index contributed by atoms with van der Waals surface area (Å²) in [5.74, 6) is -1.18. The van der Waals surface area contributed by atoms with Gasteiger partial charge in [0.15, 0.2) is 5.58 Å². The summed E-state index contributed by atoms with van der Waals surface area (Å²) >= 11 is 8.00. The predicted octanol–water partition coefficient (Wildman–Crippen LogP) is 3.39. The van der Waals surface area contributed by atoms with Gasteiger partial charge in [-0.15, -0.1) is 0 Å². The molecule has 0 unspecified atom stereocenters. The monoisotopic (exact) mass is 322 g/mol. The van der Waals surface area contributed by atoms with Gasteiger partial charge in [-0.3, -0.25) is 0 Å². The molecule has 2 rings (SSSR count). The van der Waals surface area contributed by atoms with E-state index in [1.165, 1.54) is 6.07 Å². The van der Waals surface area contributed by atoms with Crippen molar-refractivity contribution < 1.29 is 14.3 Å². The van der Waals surface area contributed by atoms with Crippen LogP contribution in [0.15, 0.2) is 22.6 Å². The van der Waals surface area contributed by atoms with E-state index >= 15 is 0 Å². The molecule has 1 aromatic heterocycles. The molecule has 3 nitrogen and oxygen atoms in total. The zero-order chi connectivity index (χ0) is 10.3. The van der Waals surface area contributed by atoms with Crippen LogP contribution in [0, 0.1) is 3.57 Å². The Balaban J connectivity index is 2.76. The number of furan rings is 1. The molecule has 1 heterocycles. The van der Waals surface area contributed by atoms with Crippen molar-refractivity contribution in [2.24, 2.45) is 0 Å². The summed E-state index contributed by atoms with van der Waals surface area (Å²) in [6.45, 7) is 0. The first-order valence-corrected chi connectivity index (χ1v) is 5.15. The second kappa shape index (κ2) is 3.43. The van der Waals surface area contributed by atoms with Crippen molar-refractivity contribution in [2.45, 2.75) is 0 Å². The molecule has 5 heteroatoms. The minimum absolute atomic E-state index is 0.0936. The molecule has 0 atom stereocenters. The largest absolute Gasteiger partial charge is 0.475 e. The minimum atomic E-state index is -1.09. The molecule has 0 saturated carbocycles. The number of hydrogen-bond donors (Lipinski definition) is 1. The minimum Gasteiger partial charge on any atom is -0.475 e. The van der Waals surface area contributed by atoms with Crippen molar-refractivity contribution in [3.05, 3.63) is 32.6 Å². The highest BCUT2D eigenvalue weighted by Crippen LogP contribution is 2.29. The average Bonchev–Trinajstić information content (AvgIpc) is 2.47. The standard InChI is InChI=1S/C9H4ClIO3/c10-6-3-5(11)1-4-2-7(9(12)13)14-8(4)6/h1-3H,(H,12,13). The smallest absolute Gasteiger partial charge is 0.371 e. The maximum Gasteiger partial charge on any atom is 0.371 e. The lowest BCUT2D eigenvalue weighted by Crippen LogP contribution is -1.91. The van der Waals surface area contributed by atoms with Crippen LogP contribution < -0.4 is 0 Å². The van der Waals surface area contributed by atoms with E-state index in [1.54, 1.807) is 6.07 Å². The normalized spacial score (nSPS) is 10.7. The number of rotatable bonds is 1. The zero-order valence-electron chi connectivity index (χ0n) is 6.75. The number of aromatic carboxylic acids is 1. The Kier molecular flexibility index (Phi) is 2.40. The van der Waals surface area contributed by atoms with E-state index in [-0.39, 0.29) is 5.76 Å². The third-order valence-corrected chi connectivity index (χ3v) is 2.65. The van der Waals surface area contributed by atoms with Gasteiger partial charge < -0.3 is 9.52 Å². The second-order valence-corrected chi connectivity index (χ2v) is 4.37. The maximum atomic E-state index is 10.6. The Hall–Kier alpha value is -0.750. The van der Waals surface area contributed by atoms with Crippen LogP contribution in [0.3, 0.4) is 0 Å². The Morgan fingerprint density at radius 1 is 1.43 bits per heavy atom. The van der Waals surface area contributed by atoms with Gasteiger partial charge in [-0.2, -0.15) is 0 Å². The predicted molar refractivity (Wildman–Crippen MR) is 60.9 cm³/mol. The molecule has 0 aliphatic heterocycles. The van der Waals surface area contributed by atoms with Gasteiger partial charge in [-0.05, 0) is 40.8 Å². The van der Waals surface area contributed by atoms with Crippen molar-refractivity contribution in [1.82, 2.24) is 0 Å². The van der Waals surface area contributed by atoms with Crippen molar-refractivity contribution in [3.8, 4) is 0 Å². The molecule has 0 aliphatic carbocycles. The van der Waals surface area contributed by atoms with Crippen LogP contribution in [-0.4, -0.2) is 11.1 Å². The summed E-state index contributed by atoms with van der Waals surface area (Å²) in [5, 5.41) is 9.85. The Morgan fingerprint density at radius 3 is 2.79 bits per heavy atom. The summed E-state index contributed by atoms with van der Waals surface area (Å²) in [6, 6.07) is 5.00. The molecule has 0 saturated heterocycles. The van der Waals surface area contributed by atoms with Crippen LogP contribution in [0.1, 0.15) is 10.6 Å². The summed E-state index contributed by atoms with van der Waals surface area (Å²) < 4.78 is 6.02. The third kappa shape index (κ3) is 1.59. The summed E-state index contributed by atoms with van der Waals surface area (Å²) in [6.07, 6.45) is 0. The van der Waals surface area contributed by atoms with E-state index < -0.39 is 5.97 Å². The number of carbonyl (C=O) groups is 1. The number of benzene rings is 1. The van der Waals surface area contributed by atoms with Crippen LogP contribution in [0.2, 0.25) is 5.02 Å². The topological polar surface area (TPSA) is 50.4 Å². The number of fused-ring (bicyclic) bond motifs is 1. The van der Waals surface area contributed by atoms with Gasteiger partial charge in [-0.25, -0.2) is 4.79 Å². The van der Waals surface area contributed by atoms with E-state index in [1.807, 2.05) is 6.07 Å². The highest BCUT2D eigenvalue weighted by atomic mass is 127. The van der Waals surface area contributed by atoms with Crippen LogP contribution in [-0.2, 0) is 0 Å². The molecule has 1 N–H and O–H groups in total. The van der Waals surface area contributed by atoms with Gasteiger partial charge in [0.1, 0.15) is 0 Å². The van der Waals surface area contributed by atoms with Gasteiger partial charge in [0.05, 0.1) is 5.02 Å². The summed E-state index contributed by atoms with van der Waals surface area (Å²) in [7, 11) is 0. The highest BCUT2D eigenvalue weighted by molar-refractivity contribution is 14.1. The molecule has 0 spiro atoms. The summed E-state index contributed by atoms with van der Waals surface area (Å²) in [4.78, 5) is 10.6. The van der Waals surface area contributed by atoms with Crippen LogP contribution in [0.4, 0.5) is 0 Å². The number of carboxylic acids is 1. The SMILES string of the molecule is O=C(O)c1cc2cc(I)cc(Cl)c2o1. The van der Waals surface area contributed by atoms with E-state index in [0.29, 0.717) is 16.0 Å². The molecule has 2 aromatic rings. The van der Waals surface area contributed by atoms with Crippen molar-refractivity contribution in [3.63, 3.8) is 0 Å². The van der Waals surface area contributed by atoms with E-state index in [0.717, 1.165) is 3.57 Å². The molecule has 14 heavy (non-hydrogen) atoms. The number of hydrogen-bond acceptors (Lipinski definition) is 2. The lowest BCUT2D eigenvalue weighted by molar-refractivity contribution is 0.0665. The Bertz CT molecular complexity index is 518. The number of halogens is 2. The molecule has 72 valence electrons. The molecule has 0 bridgehead atoms. The quantitative estimate of drug-likeness (QED) is 0.819. The third-order valence-electron chi connectivity index (χ3n) is 1.75. The van der Waals surface area contributed by atoms with Crippen molar-refractivity contribution in [2.75, 3.05) is 0 Å². The van der Waals surface area contributed by atoms with Gasteiger partial charge in [-0.1, -0.05) is 11.6 Å². The van der Waals surface area contributed by atoms with E-state index in [4.69, 9.17) is 21.1 Å². The molecule has 0 amide bonds. The van der Waals surface area contributed by atoms with Crippen LogP contribution >= 0.6 is 34.2 Å². The first-order chi connectivity index (χ1) is 6.58. The van der Waals surface area contributed by atoms with Crippen molar-refractivity contribution in [1.29, 1.82) is 0 Å². The molecule has 0 fully saturated rings. The molecular weight excluding hydrogens is 318 g/mol. The Morgan fingerprint density at radius 2 is 2.14 bits per heavy atom. The summed E-state index contributed by atoms with van der Waals surface area (Å²) in [5.41, 5.74) is 0.421. The fourth-order valence-electron chi connectivity index (χ4n) is 1.18. The van der Waals surface area contributed by atoms with E-state index in [2.05, 4.69) is 22.6 Å². The molecule has 0 radical (unpaired) electrons. The molecule has 0 aliphatic rings. The fourth-order valence-corrected chi connectivity index (χ4v) is 2.28. The first-order valence-electron chi connectivity index (χ1n) is 3.70. The fraction of sp³-hybridized carbons (Fsp3) is 0. The van der Waals surface area contributed by atoms with Gasteiger partial charge in [0.25, 0.3) is 0 Å². The van der Waals surface area contributed by atoms with Gasteiger partial charge >= 0.3 is 5.97 Å².